The molecule has 0 saturated carbocycles. The lowest BCUT2D eigenvalue weighted by atomic mass is 10.1. The second kappa shape index (κ2) is 6.05. The number of furan rings is 1. The predicted molar refractivity (Wildman–Crippen MR) is 80.1 cm³/mol. The number of anilines is 1. The molecule has 0 saturated heterocycles. The number of carbonyl (C=O) groups excluding carboxylic acids is 1. The summed E-state index contributed by atoms with van der Waals surface area (Å²) >= 11 is 0. The van der Waals surface area contributed by atoms with Gasteiger partial charge in [-0.05, 0) is 47.9 Å². The van der Waals surface area contributed by atoms with Crippen LogP contribution in [-0.4, -0.2) is 10.9 Å². The minimum Gasteiger partial charge on any atom is -0.472 e. The molecule has 1 N–H and O–H groups in total. The van der Waals surface area contributed by atoms with Crippen molar-refractivity contribution in [3.63, 3.8) is 0 Å². The van der Waals surface area contributed by atoms with E-state index in [-0.39, 0.29) is 5.91 Å². The minimum absolute atomic E-state index is 0.175. The Kier molecular flexibility index (Phi) is 3.78. The van der Waals surface area contributed by atoms with Gasteiger partial charge in [0.05, 0.1) is 11.8 Å². The highest BCUT2D eigenvalue weighted by molar-refractivity contribution is 6.03. The number of rotatable bonds is 4. The Morgan fingerprint density at radius 2 is 1.71 bits per heavy atom. The Labute approximate surface area is 122 Å². The van der Waals surface area contributed by atoms with Crippen molar-refractivity contribution in [3.8, 4) is 0 Å². The van der Waals surface area contributed by atoms with E-state index in [1.807, 2.05) is 36.4 Å². The normalized spacial score (nSPS) is 10.3. The third-order valence-corrected chi connectivity index (χ3v) is 3.15. The smallest absolute Gasteiger partial charge is 0.258 e. The molecule has 3 rings (SSSR count). The predicted octanol–water partition coefficient (Wildman–Crippen LogP) is 3.52. The van der Waals surface area contributed by atoms with Crippen molar-refractivity contribution in [1.82, 2.24) is 4.98 Å². The van der Waals surface area contributed by atoms with Gasteiger partial charge in [-0.15, -0.1) is 0 Å². The second-order valence-electron chi connectivity index (χ2n) is 4.70. The molecule has 4 heteroatoms. The first-order chi connectivity index (χ1) is 10.3. The maximum Gasteiger partial charge on any atom is 0.258 e. The van der Waals surface area contributed by atoms with Crippen molar-refractivity contribution in [2.75, 3.05) is 5.32 Å². The van der Waals surface area contributed by atoms with E-state index >= 15 is 0 Å². The zero-order valence-corrected chi connectivity index (χ0v) is 11.3. The van der Waals surface area contributed by atoms with E-state index < -0.39 is 0 Å². The summed E-state index contributed by atoms with van der Waals surface area (Å²) in [4.78, 5) is 15.9. The summed E-state index contributed by atoms with van der Waals surface area (Å²) in [5.41, 5.74) is 3.67. The monoisotopic (exact) mass is 278 g/mol. The zero-order valence-electron chi connectivity index (χ0n) is 11.3. The van der Waals surface area contributed by atoms with Crippen LogP contribution in [0, 0.1) is 0 Å². The van der Waals surface area contributed by atoms with Gasteiger partial charge in [-0.25, -0.2) is 0 Å². The highest BCUT2D eigenvalue weighted by atomic mass is 16.3. The fourth-order valence-corrected chi connectivity index (χ4v) is 2.04. The SMILES string of the molecule is O=C(Nc1ccc(Cc2ccncc2)cc1)c1ccoc1. The van der Waals surface area contributed by atoms with Gasteiger partial charge in [0.15, 0.2) is 0 Å². The molecule has 0 spiro atoms. The summed E-state index contributed by atoms with van der Waals surface area (Å²) in [5, 5.41) is 2.83. The molecular formula is C17H14N2O2. The Hall–Kier alpha value is -2.88. The van der Waals surface area contributed by atoms with E-state index in [4.69, 9.17) is 4.42 Å². The van der Waals surface area contributed by atoms with Crippen molar-refractivity contribution in [3.05, 3.63) is 84.1 Å². The van der Waals surface area contributed by atoms with Crippen LogP contribution >= 0.6 is 0 Å². The molecule has 1 aromatic carbocycles. The number of hydrogen-bond acceptors (Lipinski definition) is 3. The molecule has 1 amide bonds. The standard InChI is InChI=1S/C17H14N2O2/c20-17(15-7-10-21-12-15)19-16-3-1-13(2-4-16)11-14-5-8-18-9-6-14/h1-10,12H,11H2,(H,19,20). The van der Waals surface area contributed by atoms with Crippen LogP contribution < -0.4 is 5.32 Å². The number of amides is 1. The van der Waals surface area contributed by atoms with Crippen LogP contribution in [0.25, 0.3) is 0 Å². The molecule has 2 aromatic heterocycles. The maximum absolute atomic E-state index is 11.9. The fraction of sp³-hybridized carbons (Fsp3) is 0.0588. The van der Waals surface area contributed by atoms with E-state index in [1.165, 1.54) is 23.7 Å². The molecule has 0 unspecified atom stereocenters. The average molecular weight is 278 g/mol. The van der Waals surface area contributed by atoms with E-state index in [2.05, 4.69) is 10.3 Å². The van der Waals surface area contributed by atoms with E-state index in [9.17, 15) is 4.79 Å². The quantitative estimate of drug-likeness (QED) is 0.794. The molecule has 0 bridgehead atoms. The first kappa shape index (κ1) is 13.1. The third-order valence-electron chi connectivity index (χ3n) is 3.15. The summed E-state index contributed by atoms with van der Waals surface area (Å²) in [6, 6.07) is 13.4. The highest BCUT2D eigenvalue weighted by Gasteiger charge is 2.06. The number of hydrogen-bond donors (Lipinski definition) is 1. The van der Waals surface area contributed by atoms with Crippen molar-refractivity contribution in [2.45, 2.75) is 6.42 Å². The maximum atomic E-state index is 11.9. The van der Waals surface area contributed by atoms with E-state index in [1.54, 1.807) is 18.5 Å². The first-order valence-electron chi connectivity index (χ1n) is 6.63. The number of aromatic nitrogens is 1. The minimum atomic E-state index is -0.175. The van der Waals surface area contributed by atoms with Crippen molar-refractivity contribution < 1.29 is 9.21 Å². The zero-order chi connectivity index (χ0) is 14.5. The van der Waals surface area contributed by atoms with Crippen LogP contribution in [0.15, 0.2) is 71.8 Å². The molecule has 0 radical (unpaired) electrons. The van der Waals surface area contributed by atoms with Gasteiger partial charge < -0.3 is 9.73 Å². The molecule has 3 aromatic rings. The van der Waals surface area contributed by atoms with Crippen LogP contribution in [-0.2, 0) is 6.42 Å². The average Bonchev–Trinajstić information content (AvgIpc) is 3.05. The van der Waals surface area contributed by atoms with Crippen LogP contribution in [0.5, 0.6) is 0 Å². The van der Waals surface area contributed by atoms with Crippen molar-refractivity contribution >= 4 is 11.6 Å². The lowest BCUT2D eigenvalue weighted by molar-refractivity contribution is 0.102. The van der Waals surface area contributed by atoms with Crippen LogP contribution in [0.1, 0.15) is 21.5 Å². The Morgan fingerprint density at radius 1 is 1.00 bits per heavy atom. The van der Waals surface area contributed by atoms with Crippen LogP contribution in [0.3, 0.4) is 0 Å². The number of carbonyl (C=O) groups is 1. The van der Waals surface area contributed by atoms with Gasteiger partial charge in [-0.2, -0.15) is 0 Å². The summed E-state index contributed by atoms with van der Waals surface area (Å²) in [7, 11) is 0. The van der Waals surface area contributed by atoms with Crippen LogP contribution in [0.2, 0.25) is 0 Å². The van der Waals surface area contributed by atoms with Gasteiger partial charge in [-0.1, -0.05) is 12.1 Å². The Morgan fingerprint density at radius 3 is 2.38 bits per heavy atom. The molecule has 0 aliphatic heterocycles. The Balaban J connectivity index is 1.65. The topological polar surface area (TPSA) is 55.1 Å². The van der Waals surface area contributed by atoms with E-state index in [0.717, 1.165) is 12.1 Å². The Bertz CT molecular complexity index is 704. The number of pyridine rings is 1. The molecule has 2 heterocycles. The fourth-order valence-electron chi connectivity index (χ4n) is 2.04. The number of nitrogens with zero attached hydrogens (tertiary/aromatic N) is 1. The molecule has 104 valence electrons. The molecule has 21 heavy (non-hydrogen) atoms. The highest BCUT2D eigenvalue weighted by Crippen LogP contribution is 2.14. The van der Waals surface area contributed by atoms with Crippen molar-refractivity contribution in [1.29, 1.82) is 0 Å². The lowest BCUT2D eigenvalue weighted by Crippen LogP contribution is -2.10. The number of benzene rings is 1. The molecule has 0 atom stereocenters. The van der Waals surface area contributed by atoms with Gasteiger partial charge >= 0.3 is 0 Å². The molecule has 0 aliphatic carbocycles. The lowest BCUT2D eigenvalue weighted by Gasteiger charge is -2.06. The third kappa shape index (κ3) is 3.36. The van der Waals surface area contributed by atoms with Gasteiger partial charge in [0, 0.05) is 18.1 Å². The second-order valence-corrected chi connectivity index (χ2v) is 4.70. The number of nitrogens with one attached hydrogen (secondary N) is 1. The van der Waals surface area contributed by atoms with Gasteiger partial charge in [0.2, 0.25) is 0 Å². The molecule has 4 nitrogen and oxygen atoms in total. The van der Waals surface area contributed by atoms with E-state index in [0.29, 0.717) is 5.56 Å². The largest absolute Gasteiger partial charge is 0.472 e. The van der Waals surface area contributed by atoms with Crippen LogP contribution in [0.4, 0.5) is 5.69 Å². The van der Waals surface area contributed by atoms with Gasteiger partial charge in [-0.3, -0.25) is 9.78 Å². The first-order valence-corrected chi connectivity index (χ1v) is 6.63. The molecule has 0 aliphatic rings. The summed E-state index contributed by atoms with van der Waals surface area (Å²) in [6.07, 6.45) is 7.32. The van der Waals surface area contributed by atoms with Gasteiger partial charge in [0.1, 0.15) is 6.26 Å². The summed E-state index contributed by atoms with van der Waals surface area (Å²) < 4.78 is 4.89. The molecule has 0 fully saturated rings. The summed E-state index contributed by atoms with van der Waals surface area (Å²) in [6.45, 7) is 0. The summed E-state index contributed by atoms with van der Waals surface area (Å²) in [5.74, 6) is -0.175. The van der Waals surface area contributed by atoms with Crippen molar-refractivity contribution in [2.24, 2.45) is 0 Å². The molecular weight excluding hydrogens is 264 g/mol. The van der Waals surface area contributed by atoms with Gasteiger partial charge in [0.25, 0.3) is 5.91 Å².